The predicted octanol–water partition coefficient (Wildman–Crippen LogP) is 4.32. The molecule has 0 aliphatic carbocycles. The van der Waals surface area contributed by atoms with Gasteiger partial charge in [-0.15, -0.1) is 0 Å². The summed E-state index contributed by atoms with van der Waals surface area (Å²) in [5, 5.41) is 1.93. The fourth-order valence-corrected chi connectivity index (χ4v) is 7.62. The summed E-state index contributed by atoms with van der Waals surface area (Å²) in [6, 6.07) is 23.6. The molecule has 4 aromatic carbocycles. The van der Waals surface area contributed by atoms with Gasteiger partial charge in [0.25, 0.3) is 0 Å². The van der Waals surface area contributed by atoms with Crippen molar-refractivity contribution in [3.63, 3.8) is 0 Å². The van der Waals surface area contributed by atoms with E-state index in [2.05, 4.69) is 51.4 Å². The van der Waals surface area contributed by atoms with Crippen molar-refractivity contribution in [3.05, 3.63) is 112 Å². The monoisotopic (exact) mass is 664 g/mol. The molecule has 0 aromatic heterocycles. The summed E-state index contributed by atoms with van der Waals surface area (Å²) in [4.78, 5) is 13.6. The molecule has 230 valence electrons. The molecule has 0 aliphatic rings. The predicted molar refractivity (Wildman–Crippen MR) is 174 cm³/mol. The van der Waals surface area contributed by atoms with Gasteiger partial charge in [-0.1, -0.05) is 77.4 Å². The Bertz CT molecular complexity index is 1670. The molecule has 0 aliphatic heterocycles. The lowest BCUT2D eigenvalue weighted by Crippen LogP contribution is -3.00. The normalized spacial score (nSPS) is 12.0. The van der Waals surface area contributed by atoms with Gasteiger partial charge in [0, 0.05) is 18.7 Å². The molecule has 0 saturated heterocycles. The smallest absolute Gasteiger partial charge is 0.243 e. The molecule has 0 unspecified atom stereocenters. The van der Waals surface area contributed by atoms with Gasteiger partial charge in [-0.25, -0.2) is 8.42 Å². The Kier molecular flexibility index (Phi) is 11.5. The van der Waals surface area contributed by atoms with Crippen LogP contribution in [0.5, 0.6) is 0 Å². The van der Waals surface area contributed by atoms with Gasteiger partial charge in [-0.2, -0.15) is 4.31 Å². The molecule has 0 N–H and O–H groups in total. The molecular weight excluding hydrogens is 620 g/mol. The number of quaternary nitrogens is 1. The minimum atomic E-state index is -3.73. The maximum atomic E-state index is 14.0. The SMILES string of the molecule is Cc1cc(C)cc(CN(CCCC[N+](C)(C)CC(=O)c2c(C)cc(C)cc2C)S(=O)(=O)c2ccc3ccccc3c2)c1.[Br-]. The topological polar surface area (TPSA) is 54.5 Å². The molecule has 43 heavy (non-hydrogen) atoms. The molecule has 4 rings (SSSR count). The van der Waals surface area contributed by atoms with Gasteiger partial charge in [-0.05, 0) is 87.1 Å². The number of benzene rings is 4. The average molecular weight is 666 g/mol. The molecule has 0 fully saturated rings. The first-order chi connectivity index (χ1) is 19.7. The number of carbonyl (C=O) groups is 1. The molecule has 0 atom stereocenters. The number of likely N-dealkylation sites (N-methyl/N-ethyl adjacent to an activating group) is 1. The Hall–Kier alpha value is -2.84. The summed E-state index contributed by atoms with van der Waals surface area (Å²) in [5.74, 6) is 0.158. The lowest BCUT2D eigenvalue weighted by molar-refractivity contribution is -0.882. The van der Waals surface area contributed by atoms with Crippen LogP contribution in [-0.4, -0.2) is 56.7 Å². The average Bonchev–Trinajstić information content (AvgIpc) is 2.88. The van der Waals surface area contributed by atoms with Gasteiger partial charge >= 0.3 is 0 Å². The number of hydrogen-bond acceptors (Lipinski definition) is 3. The van der Waals surface area contributed by atoms with Gasteiger partial charge in [0.1, 0.15) is 6.54 Å². The molecule has 7 heteroatoms. The number of rotatable bonds is 12. The van der Waals surface area contributed by atoms with Gasteiger partial charge < -0.3 is 21.5 Å². The summed E-state index contributed by atoms with van der Waals surface area (Å²) in [5.41, 5.74) is 7.28. The fourth-order valence-electron chi connectivity index (χ4n) is 6.12. The quantitative estimate of drug-likeness (QED) is 0.129. The molecular formula is C36H45BrN2O3S. The molecule has 0 saturated carbocycles. The van der Waals surface area contributed by atoms with Crippen LogP contribution in [0.25, 0.3) is 10.8 Å². The van der Waals surface area contributed by atoms with Crippen molar-refractivity contribution in [1.82, 2.24) is 4.31 Å². The summed E-state index contributed by atoms with van der Waals surface area (Å²) in [7, 11) is 0.432. The van der Waals surface area contributed by atoms with Crippen LogP contribution in [-0.2, 0) is 16.6 Å². The van der Waals surface area contributed by atoms with E-state index >= 15 is 0 Å². The van der Waals surface area contributed by atoms with Crippen molar-refractivity contribution in [1.29, 1.82) is 0 Å². The van der Waals surface area contributed by atoms with E-state index in [9.17, 15) is 13.2 Å². The van der Waals surface area contributed by atoms with Crippen LogP contribution in [0.15, 0.2) is 77.7 Å². The van der Waals surface area contributed by atoms with E-state index < -0.39 is 10.0 Å². The van der Waals surface area contributed by atoms with E-state index in [0.717, 1.165) is 57.1 Å². The first-order valence-electron chi connectivity index (χ1n) is 14.7. The van der Waals surface area contributed by atoms with Crippen LogP contribution in [0.4, 0.5) is 0 Å². The number of Topliss-reactive ketones (excluding diaryl/α,β-unsaturated/α-hetero) is 1. The number of aryl methyl sites for hydroxylation is 5. The standard InChI is InChI=1S/C36H45N2O3S.BrH/c1-26-18-27(2)22-31(21-26)24-37(42(40,41)34-15-14-32-12-8-9-13-33(32)23-34)16-10-11-17-38(6,7)25-35(39)36-29(4)19-28(3)20-30(36)5;/h8-9,12-15,18-23H,10-11,16-17,24-25H2,1-7H3;1H/q+1;/p-1. The maximum absolute atomic E-state index is 14.0. The number of ketones is 1. The highest BCUT2D eigenvalue weighted by Gasteiger charge is 2.27. The maximum Gasteiger partial charge on any atom is 0.243 e. The summed E-state index contributed by atoms with van der Waals surface area (Å²) in [6.45, 7) is 12.1. The zero-order valence-corrected chi connectivity index (χ0v) is 29.0. The molecule has 0 bridgehead atoms. The van der Waals surface area contributed by atoms with Crippen LogP contribution in [0.3, 0.4) is 0 Å². The number of carbonyl (C=O) groups excluding carboxylic acids is 1. The van der Waals surface area contributed by atoms with Crippen molar-refractivity contribution < 1.29 is 34.7 Å². The van der Waals surface area contributed by atoms with E-state index in [0.29, 0.717) is 35.4 Å². The van der Waals surface area contributed by atoms with Crippen molar-refractivity contribution >= 4 is 26.6 Å². The van der Waals surface area contributed by atoms with E-state index in [-0.39, 0.29) is 22.8 Å². The highest BCUT2D eigenvalue weighted by Crippen LogP contribution is 2.25. The molecule has 0 amide bonds. The Morgan fingerprint density at radius 2 is 1.33 bits per heavy atom. The summed E-state index contributed by atoms with van der Waals surface area (Å²) >= 11 is 0. The highest BCUT2D eigenvalue weighted by atomic mass is 79.9. The molecule has 0 heterocycles. The van der Waals surface area contributed by atoms with Crippen molar-refractivity contribution in [2.24, 2.45) is 0 Å². The van der Waals surface area contributed by atoms with Gasteiger partial charge in [-0.3, -0.25) is 4.79 Å². The van der Waals surface area contributed by atoms with E-state index in [1.807, 2.05) is 58.0 Å². The second-order valence-corrected chi connectivity index (χ2v) is 14.5. The second-order valence-electron chi connectivity index (χ2n) is 12.6. The first kappa shape index (κ1) is 34.6. The summed E-state index contributed by atoms with van der Waals surface area (Å²) in [6.07, 6.45) is 1.51. The van der Waals surface area contributed by atoms with Gasteiger partial charge in [0.2, 0.25) is 15.8 Å². The van der Waals surface area contributed by atoms with Crippen molar-refractivity contribution in [2.75, 3.05) is 33.7 Å². The molecule has 4 aromatic rings. The van der Waals surface area contributed by atoms with Crippen LogP contribution >= 0.6 is 0 Å². The third-order valence-corrected chi connectivity index (χ3v) is 9.79. The lowest BCUT2D eigenvalue weighted by atomic mass is 9.96. The minimum absolute atomic E-state index is 0. The number of halogens is 1. The zero-order chi connectivity index (χ0) is 30.7. The number of fused-ring (bicyclic) bond motifs is 1. The minimum Gasteiger partial charge on any atom is -1.00 e. The van der Waals surface area contributed by atoms with Crippen molar-refractivity contribution in [2.45, 2.75) is 58.9 Å². The Balaban J connectivity index is 0.00000506. The molecule has 5 nitrogen and oxygen atoms in total. The number of nitrogens with zero attached hydrogens (tertiary/aromatic N) is 2. The fraction of sp³-hybridized carbons (Fsp3) is 0.361. The molecule has 0 radical (unpaired) electrons. The van der Waals surface area contributed by atoms with Crippen LogP contribution < -0.4 is 17.0 Å². The Morgan fingerprint density at radius 3 is 1.95 bits per heavy atom. The zero-order valence-electron chi connectivity index (χ0n) is 26.6. The van der Waals surface area contributed by atoms with Crippen LogP contribution in [0.2, 0.25) is 0 Å². The second kappa shape index (κ2) is 14.3. The number of sulfonamides is 1. The first-order valence-corrected chi connectivity index (χ1v) is 16.2. The summed E-state index contributed by atoms with van der Waals surface area (Å²) < 4.78 is 30.2. The van der Waals surface area contributed by atoms with E-state index in [4.69, 9.17) is 0 Å². The third-order valence-electron chi connectivity index (χ3n) is 7.95. The van der Waals surface area contributed by atoms with Crippen LogP contribution in [0.1, 0.15) is 56.6 Å². The van der Waals surface area contributed by atoms with Crippen molar-refractivity contribution in [3.8, 4) is 0 Å². The highest BCUT2D eigenvalue weighted by molar-refractivity contribution is 7.89. The lowest BCUT2D eigenvalue weighted by Gasteiger charge is -2.30. The Labute approximate surface area is 269 Å². The largest absolute Gasteiger partial charge is 1.00 e. The van der Waals surface area contributed by atoms with Gasteiger partial charge in [0.15, 0.2) is 0 Å². The number of hydrogen-bond donors (Lipinski definition) is 0. The van der Waals surface area contributed by atoms with E-state index in [1.54, 1.807) is 16.4 Å². The number of unbranched alkanes of at least 4 members (excludes halogenated alkanes) is 1. The Morgan fingerprint density at radius 1 is 0.744 bits per heavy atom. The molecule has 0 spiro atoms. The third kappa shape index (κ3) is 8.85. The van der Waals surface area contributed by atoms with Gasteiger partial charge in [0.05, 0.1) is 25.5 Å². The van der Waals surface area contributed by atoms with E-state index in [1.165, 1.54) is 5.56 Å². The van der Waals surface area contributed by atoms with Crippen LogP contribution in [0, 0.1) is 34.6 Å².